The summed E-state index contributed by atoms with van der Waals surface area (Å²) in [6, 6.07) is 15.1. The Bertz CT molecular complexity index is 718. The van der Waals surface area contributed by atoms with Crippen LogP contribution in [-0.2, 0) is 11.2 Å². The predicted octanol–water partition coefficient (Wildman–Crippen LogP) is 1.69. The second kappa shape index (κ2) is 7.61. The van der Waals surface area contributed by atoms with Gasteiger partial charge in [-0.3, -0.25) is 0 Å². The van der Waals surface area contributed by atoms with E-state index in [-0.39, 0.29) is 6.61 Å². The Morgan fingerprint density at radius 2 is 1.88 bits per heavy atom. The first-order valence-electron chi connectivity index (χ1n) is 7.90. The van der Waals surface area contributed by atoms with Gasteiger partial charge in [0.25, 0.3) is 0 Å². The fourth-order valence-corrected chi connectivity index (χ4v) is 2.99. The zero-order valence-electron chi connectivity index (χ0n) is 13.6. The minimum Gasteiger partial charge on any atom is -0.497 e. The number of halogens is 1. The maximum absolute atomic E-state index is 10.2. The van der Waals surface area contributed by atoms with E-state index in [0.29, 0.717) is 17.0 Å². The molecule has 1 aliphatic heterocycles. The molecule has 132 valence electrons. The highest BCUT2D eigenvalue weighted by Crippen LogP contribution is 2.30. The summed E-state index contributed by atoms with van der Waals surface area (Å²) in [4.78, 5) is 0. The Hall–Kier alpha value is -1.81. The van der Waals surface area contributed by atoms with E-state index >= 15 is 0 Å². The topological polar surface area (TPSA) is 79.2 Å². The normalized spacial score (nSPS) is 26.1. The summed E-state index contributed by atoms with van der Waals surface area (Å²) in [5, 5.41) is 30.0. The van der Waals surface area contributed by atoms with Crippen molar-refractivity contribution in [2.75, 3.05) is 13.7 Å². The Morgan fingerprint density at radius 3 is 2.56 bits per heavy atom. The maximum Gasteiger partial charge on any atom is 0.119 e. The molecule has 1 aliphatic rings. The third-order valence-electron chi connectivity index (χ3n) is 4.29. The van der Waals surface area contributed by atoms with Gasteiger partial charge in [0.1, 0.15) is 30.2 Å². The van der Waals surface area contributed by atoms with E-state index in [2.05, 4.69) is 12.1 Å². The summed E-state index contributed by atoms with van der Waals surface area (Å²) in [7, 11) is 1.61. The highest BCUT2D eigenvalue weighted by atomic mass is 35.5. The molecule has 6 heteroatoms. The number of hydrogen-bond acceptors (Lipinski definition) is 5. The van der Waals surface area contributed by atoms with Gasteiger partial charge in [0.15, 0.2) is 0 Å². The highest BCUT2D eigenvalue weighted by Gasteiger charge is 2.38. The van der Waals surface area contributed by atoms with Crippen molar-refractivity contribution in [2.45, 2.75) is 30.8 Å². The first-order chi connectivity index (χ1) is 12.0. The van der Waals surface area contributed by atoms with Gasteiger partial charge in [-0.2, -0.15) is 0 Å². The molecular weight excluding hydrogens is 344 g/mol. The molecule has 1 saturated heterocycles. The molecule has 3 N–H and O–H groups in total. The summed E-state index contributed by atoms with van der Waals surface area (Å²) in [6.45, 7) is -0.0623. The van der Waals surface area contributed by atoms with Gasteiger partial charge in [-0.1, -0.05) is 29.8 Å². The summed E-state index contributed by atoms with van der Waals surface area (Å²) >= 11 is 6.23. The van der Waals surface area contributed by atoms with Crippen molar-refractivity contribution in [3.63, 3.8) is 0 Å². The van der Waals surface area contributed by atoms with E-state index in [1.165, 1.54) is 0 Å². The average Bonchev–Trinajstić information content (AvgIpc) is 2.62. The molecule has 2 aromatic rings. The standard InChI is InChI=1S/C19H19ClO5/c1-24-14-5-2-11(3-6-14)8-13-9-12(4-7-15(13)20)19-18(23)17(22)16(21)10-25-19/h2-3,5-6,9,16-19,21-23H,8,10H2,1H3/t16-,17+,18-,19+/m1/s1. The first-order valence-corrected chi connectivity index (χ1v) is 8.28. The van der Waals surface area contributed by atoms with Crippen LogP contribution in [0.5, 0.6) is 5.75 Å². The Morgan fingerprint density at radius 1 is 1.16 bits per heavy atom. The molecule has 0 aliphatic carbocycles. The summed E-state index contributed by atoms with van der Waals surface area (Å²) in [5.74, 6) is 0.773. The van der Waals surface area contributed by atoms with Crippen LogP contribution in [-0.4, -0.2) is 47.3 Å². The molecule has 1 fully saturated rings. The molecule has 0 radical (unpaired) electrons. The van der Waals surface area contributed by atoms with Gasteiger partial charge in [-0.05, 0) is 41.8 Å². The molecule has 0 aromatic heterocycles. The second-order valence-corrected chi connectivity index (χ2v) is 6.39. The van der Waals surface area contributed by atoms with Crippen LogP contribution in [0.1, 0.15) is 22.8 Å². The molecule has 0 bridgehead atoms. The summed E-state index contributed by atoms with van der Waals surface area (Å²) < 4.78 is 10.6. The Labute approximate surface area is 151 Å². The van der Waals surface area contributed by atoms with Crippen LogP contribution in [0.15, 0.2) is 30.3 Å². The minimum absolute atomic E-state index is 0.0623. The van der Waals surface area contributed by atoms with Gasteiger partial charge < -0.3 is 24.8 Å². The molecular formula is C19H19ClO5. The quantitative estimate of drug-likeness (QED) is 0.771. The summed E-state index contributed by atoms with van der Waals surface area (Å²) in [6.07, 6.45) is -3.85. The SMILES string of the molecule is COc1ccc(Cc2cc([C@@H]3OC[C@@H](O)[C@H](O)[C@H]3O)c#cc2Cl)cc1. The van der Waals surface area contributed by atoms with Gasteiger partial charge >= 0.3 is 0 Å². The third kappa shape index (κ3) is 3.90. The maximum atomic E-state index is 10.2. The number of benzene rings is 1. The largest absolute Gasteiger partial charge is 0.497 e. The fraction of sp³-hybridized carbons (Fsp3) is 0.368. The molecule has 2 aromatic carbocycles. The molecule has 0 unspecified atom stereocenters. The molecule has 0 amide bonds. The van der Waals surface area contributed by atoms with Gasteiger partial charge in [0.05, 0.1) is 18.7 Å². The second-order valence-electron chi connectivity index (χ2n) is 6.02. The van der Waals surface area contributed by atoms with Crippen molar-refractivity contribution < 1.29 is 24.8 Å². The lowest BCUT2D eigenvalue weighted by molar-refractivity contribution is -0.189. The van der Waals surface area contributed by atoms with Crippen molar-refractivity contribution >= 4 is 11.6 Å². The number of rotatable bonds is 4. The number of aliphatic hydroxyl groups excluding tert-OH is 3. The average molecular weight is 363 g/mol. The van der Waals surface area contributed by atoms with Crippen molar-refractivity contribution in [3.05, 3.63) is 64.2 Å². The zero-order chi connectivity index (χ0) is 18.0. The first kappa shape index (κ1) is 18.0. The van der Waals surface area contributed by atoms with Crippen LogP contribution in [0.25, 0.3) is 0 Å². The highest BCUT2D eigenvalue weighted by molar-refractivity contribution is 6.31. The van der Waals surface area contributed by atoms with Crippen molar-refractivity contribution in [2.24, 2.45) is 0 Å². The Balaban J connectivity index is 1.82. The summed E-state index contributed by atoms with van der Waals surface area (Å²) in [5.41, 5.74) is 2.37. The molecule has 25 heavy (non-hydrogen) atoms. The fourth-order valence-electron chi connectivity index (χ4n) is 2.82. The molecule has 4 atom stereocenters. The lowest BCUT2D eigenvalue weighted by atomic mass is 9.94. The Kier molecular flexibility index (Phi) is 5.48. The predicted molar refractivity (Wildman–Crippen MR) is 91.6 cm³/mol. The van der Waals surface area contributed by atoms with E-state index in [1.54, 1.807) is 13.2 Å². The van der Waals surface area contributed by atoms with Crippen LogP contribution in [0, 0.1) is 12.1 Å². The smallest absolute Gasteiger partial charge is 0.119 e. The van der Waals surface area contributed by atoms with Crippen molar-refractivity contribution in [1.82, 2.24) is 0 Å². The van der Waals surface area contributed by atoms with E-state index < -0.39 is 24.4 Å². The van der Waals surface area contributed by atoms with Crippen LogP contribution >= 0.6 is 11.6 Å². The molecule has 3 rings (SSSR count). The molecule has 0 saturated carbocycles. The lowest BCUT2D eigenvalue weighted by Gasteiger charge is -2.35. The number of aliphatic hydroxyl groups is 3. The van der Waals surface area contributed by atoms with Crippen LogP contribution in [0.4, 0.5) is 0 Å². The van der Waals surface area contributed by atoms with Gasteiger partial charge in [0.2, 0.25) is 0 Å². The van der Waals surface area contributed by atoms with Crippen LogP contribution < -0.4 is 4.74 Å². The number of methoxy groups -OCH3 is 1. The minimum atomic E-state index is -1.27. The van der Waals surface area contributed by atoms with E-state index in [1.807, 2.05) is 24.3 Å². The van der Waals surface area contributed by atoms with Crippen LogP contribution in [0.3, 0.4) is 0 Å². The van der Waals surface area contributed by atoms with Gasteiger partial charge in [-0.25, -0.2) is 0 Å². The molecule has 5 nitrogen and oxygen atoms in total. The van der Waals surface area contributed by atoms with E-state index in [9.17, 15) is 15.3 Å². The number of hydrogen-bond donors (Lipinski definition) is 3. The van der Waals surface area contributed by atoms with Crippen molar-refractivity contribution in [1.29, 1.82) is 0 Å². The van der Waals surface area contributed by atoms with Crippen molar-refractivity contribution in [3.8, 4) is 5.75 Å². The van der Waals surface area contributed by atoms with Crippen LogP contribution in [0.2, 0.25) is 5.02 Å². The number of ether oxygens (including phenoxy) is 2. The van der Waals surface area contributed by atoms with E-state index in [4.69, 9.17) is 21.1 Å². The zero-order valence-corrected chi connectivity index (χ0v) is 14.4. The lowest BCUT2D eigenvalue weighted by Crippen LogP contribution is -2.48. The van der Waals surface area contributed by atoms with E-state index in [0.717, 1.165) is 16.9 Å². The van der Waals surface area contributed by atoms with Gasteiger partial charge in [0, 0.05) is 5.56 Å². The van der Waals surface area contributed by atoms with Gasteiger partial charge in [-0.15, -0.1) is 0 Å². The third-order valence-corrected chi connectivity index (χ3v) is 4.63. The monoisotopic (exact) mass is 362 g/mol. The molecule has 1 heterocycles. The molecule has 0 spiro atoms.